The number of hydrogen-bond acceptors (Lipinski definition) is 5. The highest BCUT2D eigenvalue weighted by atomic mass is 32.1. The molecule has 4 nitrogen and oxygen atoms in total. The molecule has 1 unspecified atom stereocenters. The Morgan fingerprint density at radius 2 is 2.24 bits per heavy atom. The lowest BCUT2D eigenvalue weighted by molar-refractivity contribution is 0.0972. The van der Waals surface area contributed by atoms with Crippen molar-refractivity contribution in [2.75, 3.05) is 23.7 Å². The van der Waals surface area contributed by atoms with Crippen LogP contribution in [0.2, 0.25) is 0 Å². The molecule has 2 aliphatic rings. The van der Waals surface area contributed by atoms with Crippen LogP contribution in [0.1, 0.15) is 54.3 Å². The third-order valence-electron chi connectivity index (χ3n) is 4.59. The second-order valence-corrected chi connectivity index (χ2v) is 7.14. The smallest absolute Gasteiger partial charge is 0.178 e. The summed E-state index contributed by atoms with van der Waals surface area (Å²) >= 11 is 1.44. The summed E-state index contributed by atoms with van der Waals surface area (Å²) in [5, 5.41) is 10.4. The summed E-state index contributed by atoms with van der Waals surface area (Å²) in [6.45, 7) is 4.15. The highest BCUT2D eigenvalue weighted by Gasteiger charge is 2.35. The number of piperidine rings is 1. The highest BCUT2D eigenvalue weighted by Crippen LogP contribution is 2.43. The molecule has 1 aromatic rings. The van der Waals surface area contributed by atoms with Crippen molar-refractivity contribution >= 4 is 27.8 Å². The summed E-state index contributed by atoms with van der Waals surface area (Å²) in [7, 11) is 0. The number of anilines is 2. The zero-order chi connectivity index (χ0) is 15.0. The van der Waals surface area contributed by atoms with Gasteiger partial charge in [-0.1, -0.05) is 13.3 Å². The van der Waals surface area contributed by atoms with Crippen LogP contribution >= 0.6 is 11.3 Å². The Kier molecular flexibility index (Phi) is 3.90. The largest absolute Gasteiger partial charge is 0.396 e. The normalized spacial score (nSPS) is 22.1. The molecule has 21 heavy (non-hydrogen) atoms. The van der Waals surface area contributed by atoms with Gasteiger partial charge in [-0.3, -0.25) is 4.79 Å². The standard InChI is InChI=1S/C16H21N3OS/c1-2-10-4-3-7-19(9-10)16-12(8-17)13(18)15(21-16)14(20)11-5-6-11/h10-11H,2-7,9,18H2,1H3. The molecule has 1 aromatic heterocycles. The molecule has 0 bridgehead atoms. The second kappa shape index (κ2) is 5.69. The Morgan fingerprint density at radius 3 is 2.86 bits per heavy atom. The van der Waals surface area contributed by atoms with Crippen LogP contribution in [0.5, 0.6) is 0 Å². The van der Waals surface area contributed by atoms with E-state index in [4.69, 9.17) is 5.73 Å². The van der Waals surface area contributed by atoms with E-state index < -0.39 is 0 Å². The molecule has 1 saturated heterocycles. The summed E-state index contributed by atoms with van der Waals surface area (Å²) in [6, 6.07) is 2.22. The molecule has 2 N–H and O–H groups in total. The molecule has 0 aromatic carbocycles. The topological polar surface area (TPSA) is 70.1 Å². The molecule has 0 amide bonds. The van der Waals surface area contributed by atoms with Gasteiger partial charge in [0.25, 0.3) is 0 Å². The van der Waals surface area contributed by atoms with Gasteiger partial charge in [-0.2, -0.15) is 5.26 Å². The molecule has 1 aliphatic heterocycles. The Morgan fingerprint density at radius 1 is 1.48 bits per heavy atom. The van der Waals surface area contributed by atoms with E-state index in [2.05, 4.69) is 17.9 Å². The summed E-state index contributed by atoms with van der Waals surface area (Å²) in [5.41, 5.74) is 7.02. The number of nitrogen functional groups attached to an aromatic ring is 1. The fourth-order valence-corrected chi connectivity index (χ4v) is 4.28. The number of thiophene rings is 1. The fraction of sp³-hybridized carbons (Fsp3) is 0.625. The molecular formula is C16H21N3OS. The van der Waals surface area contributed by atoms with Crippen LogP contribution in [-0.2, 0) is 0 Å². The van der Waals surface area contributed by atoms with Crippen molar-refractivity contribution in [3.05, 3.63) is 10.4 Å². The number of nitrogens with two attached hydrogens (primary N) is 1. The van der Waals surface area contributed by atoms with Gasteiger partial charge in [0.2, 0.25) is 0 Å². The van der Waals surface area contributed by atoms with Crippen LogP contribution in [0.25, 0.3) is 0 Å². The van der Waals surface area contributed by atoms with E-state index in [0.717, 1.165) is 43.8 Å². The number of nitrogens with zero attached hydrogens (tertiary/aromatic N) is 2. The molecule has 5 heteroatoms. The molecule has 112 valence electrons. The average molecular weight is 303 g/mol. The Balaban J connectivity index is 1.92. The molecule has 2 heterocycles. The summed E-state index contributed by atoms with van der Waals surface area (Å²) < 4.78 is 0. The van der Waals surface area contributed by atoms with Gasteiger partial charge in [0, 0.05) is 19.0 Å². The predicted molar refractivity (Wildman–Crippen MR) is 85.7 cm³/mol. The van der Waals surface area contributed by atoms with E-state index in [1.54, 1.807) is 0 Å². The van der Waals surface area contributed by atoms with E-state index in [1.807, 2.05) is 0 Å². The van der Waals surface area contributed by atoms with E-state index in [1.165, 1.54) is 17.8 Å². The SMILES string of the molecule is CCC1CCCN(c2sc(C(=O)C3CC3)c(N)c2C#N)C1. The third kappa shape index (κ3) is 2.65. The number of nitriles is 1. The minimum absolute atomic E-state index is 0.143. The van der Waals surface area contributed by atoms with Gasteiger partial charge in [-0.05, 0) is 31.6 Å². The zero-order valence-electron chi connectivity index (χ0n) is 12.4. The molecule has 1 atom stereocenters. The minimum atomic E-state index is 0.143. The third-order valence-corrected chi connectivity index (χ3v) is 5.87. The molecule has 1 saturated carbocycles. The first-order valence-electron chi connectivity index (χ1n) is 7.77. The maximum Gasteiger partial charge on any atom is 0.178 e. The van der Waals surface area contributed by atoms with Crippen molar-refractivity contribution in [3.63, 3.8) is 0 Å². The first-order chi connectivity index (χ1) is 10.2. The molecule has 3 rings (SSSR count). The molecule has 2 fully saturated rings. The van der Waals surface area contributed by atoms with E-state index >= 15 is 0 Å². The van der Waals surface area contributed by atoms with Crippen LogP contribution < -0.4 is 10.6 Å². The number of Topliss-reactive ketones (excluding diaryl/α,β-unsaturated/α-hetero) is 1. The van der Waals surface area contributed by atoms with Gasteiger partial charge in [-0.15, -0.1) is 11.3 Å². The molecular weight excluding hydrogens is 282 g/mol. The van der Waals surface area contributed by atoms with Crippen molar-refractivity contribution in [2.45, 2.75) is 39.0 Å². The Hall–Kier alpha value is -1.54. The van der Waals surface area contributed by atoms with Gasteiger partial charge in [0.1, 0.15) is 16.6 Å². The number of hydrogen-bond donors (Lipinski definition) is 1. The first-order valence-corrected chi connectivity index (χ1v) is 8.58. The zero-order valence-corrected chi connectivity index (χ0v) is 13.2. The number of rotatable bonds is 4. The Bertz CT molecular complexity index is 597. The van der Waals surface area contributed by atoms with Crippen molar-refractivity contribution in [2.24, 2.45) is 11.8 Å². The van der Waals surface area contributed by atoms with Crippen molar-refractivity contribution in [1.29, 1.82) is 5.26 Å². The summed E-state index contributed by atoms with van der Waals surface area (Å²) in [4.78, 5) is 15.2. The van der Waals surface area contributed by atoms with Gasteiger partial charge in [-0.25, -0.2) is 0 Å². The molecule has 0 spiro atoms. The summed E-state index contributed by atoms with van der Waals surface area (Å²) in [5.74, 6) is 0.968. The number of carbonyl (C=O) groups is 1. The van der Waals surface area contributed by atoms with Crippen molar-refractivity contribution in [1.82, 2.24) is 0 Å². The van der Waals surface area contributed by atoms with E-state index in [-0.39, 0.29) is 11.7 Å². The van der Waals surface area contributed by atoms with E-state index in [9.17, 15) is 10.1 Å². The average Bonchev–Trinajstić information content (AvgIpc) is 3.30. The fourth-order valence-electron chi connectivity index (χ4n) is 3.06. The van der Waals surface area contributed by atoms with Crippen LogP contribution in [0.3, 0.4) is 0 Å². The second-order valence-electron chi connectivity index (χ2n) is 6.14. The van der Waals surface area contributed by atoms with Gasteiger partial charge < -0.3 is 10.6 Å². The van der Waals surface area contributed by atoms with Gasteiger partial charge >= 0.3 is 0 Å². The van der Waals surface area contributed by atoms with Gasteiger partial charge in [0.05, 0.1) is 10.6 Å². The monoisotopic (exact) mass is 303 g/mol. The first kappa shape index (κ1) is 14.4. The minimum Gasteiger partial charge on any atom is -0.396 e. The van der Waals surface area contributed by atoms with Crippen LogP contribution in [0.15, 0.2) is 0 Å². The van der Waals surface area contributed by atoms with Crippen LogP contribution in [0.4, 0.5) is 10.7 Å². The maximum atomic E-state index is 12.3. The highest BCUT2D eigenvalue weighted by molar-refractivity contribution is 7.19. The van der Waals surface area contributed by atoms with Crippen molar-refractivity contribution in [3.8, 4) is 6.07 Å². The maximum absolute atomic E-state index is 12.3. The van der Waals surface area contributed by atoms with Crippen LogP contribution in [-0.4, -0.2) is 18.9 Å². The lowest BCUT2D eigenvalue weighted by Crippen LogP contribution is -2.35. The number of carbonyl (C=O) groups excluding carboxylic acids is 1. The lowest BCUT2D eigenvalue weighted by Gasteiger charge is -2.33. The number of ketones is 1. The Labute approximate surface area is 129 Å². The van der Waals surface area contributed by atoms with Crippen molar-refractivity contribution < 1.29 is 4.79 Å². The predicted octanol–water partition coefficient (Wildman–Crippen LogP) is 3.42. The lowest BCUT2D eigenvalue weighted by atomic mass is 9.95. The molecule has 0 radical (unpaired) electrons. The summed E-state index contributed by atoms with van der Waals surface area (Å²) in [6.07, 6.45) is 5.49. The quantitative estimate of drug-likeness (QED) is 0.865. The van der Waals surface area contributed by atoms with E-state index in [0.29, 0.717) is 22.0 Å². The van der Waals surface area contributed by atoms with Gasteiger partial charge in [0.15, 0.2) is 5.78 Å². The van der Waals surface area contributed by atoms with Crippen LogP contribution in [0, 0.1) is 23.2 Å². The molecule has 1 aliphatic carbocycles.